The van der Waals surface area contributed by atoms with Gasteiger partial charge < -0.3 is 11.1 Å². The minimum absolute atomic E-state index is 0.165. The quantitative estimate of drug-likeness (QED) is 0.753. The third-order valence-electron chi connectivity index (χ3n) is 2.34. The number of halogens is 1. The van der Waals surface area contributed by atoms with Gasteiger partial charge in [-0.15, -0.1) is 0 Å². The maximum Gasteiger partial charge on any atom is 0.224 e. The molecule has 0 heterocycles. The van der Waals surface area contributed by atoms with Crippen LogP contribution in [0, 0.1) is 12.7 Å². The summed E-state index contributed by atoms with van der Waals surface area (Å²) in [6.07, 6.45) is 1.92. The van der Waals surface area contributed by atoms with Gasteiger partial charge in [-0.3, -0.25) is 4.79 Å². The molecule has 16 heavy (non-hydrogen) atoms. The van der Waals surface area contributed by atoms with Crippen molar-refractivity contribution < 1.29 is 9.18 Å². The van der Waals surface area contributed by atoms with Crippen LogP contribution in [0.2, 0.25) is 0 Å². The summed E-state index contributed by atoms with van der Waals surface area (Å²) < 4.78 is 13.4. The molecule has 1 aromatic rings. The first-order valence-corrected chi connectivity index (χ1v) is 5.40. The summed E-state index contributed by atoms with van der Waals surface area (Å²) in [6, 6.07) is 4.72. The van der Waals surface area contributed by atoms with Crippen LogP contribution < -0.4 is 11.1 Å². The molecule has 1 rings (SSSR count). The van der Waals surface area contributed by atoms with Gasteiger partial charge in [0.15, 0.2) is 0 Å². The van der Waals surface area contributed by atoms with Crippen LogP contribution in [0.25, 0.3) is 0 Å². The summed E-state index contributed by atoms with van der Waals surface area (Å²) in [6.45, 7) is 2.34. The number of nitrogens with one attached hydrogen (secondary N) is 1. The number of hydrogen-bond acceptors (Lipinski definition) is 2. The van der Waals surface area contributed by atoms with Gasteiger partial charge in [-0.25, -0.2) is 4.39 Å². The number of nitrogens with two attached hydrogens (primary N) is 1. The molecule has 0 aromatic heterocycles. The molecule has 0 spiro atoms. The summed E-state index contributed by atoms with van der Waals surface area (Å²) in [5, 5.41) is 2.58. The molecule has 0 fully saturated rings. The molecule has 0 bridgehead atoms. The maximum absolute atomic E-state index is 13.4. The minimum atomic E-state index is -0.396. The molecule has 1 aromatic carbocycles. The highest BCUT2D eigenvalue weighted by molar-refractivity contribution is 5.91. The number of anilines is 1. The number of hydrogen-bond donors (Lipinski definition) is 2. The average Bonchev–Trinajstić information content (AvgIpc) is 2.24. The summed E-state index contributed by atoms with van der Waals surface area (Å²) in [7, 11) is 0. The Balaban J connectivity index is 2.56. The van der Waals surface area contributed by atoms with E-state index in [4.69, 9.17) is 5.73 Å². The van der Waals surface area contributed by atoms with Crippen molar-refractivity contribution in [2.24, 2.45) is 5.73 Å². The third kappa shape index (κ3) is 3.62. The monoisotopic (exact) mass is 224 g/mol. The van der Waals surface area contributed by atoms with Crippen molar-refractivity contribution in [1.29, 1.82) is 0 Å². The molecule has 0 aliphatic heterocycles. The van der Waals surface area contributed by atoms with Crippen LogP contribution in [0.4, 0.5) is 10.1 Å². The van der Waals surface area contributed by atoms with E-state index in [2.05, 4.69) is 5.32 Å². The Morgan fingerprint density at radius 3 is 2.81 bits per heavy atom. The molecule has 0 unspecified atom stereocenters. The van der Waals surface area contributed by atoms with Crippen molar-refractivity contribution in [3.63, 3.8) is 0 Å². The fourth-order valence-corrected chi connectivity index (χ4v) is 1.42. The van der Waals surface area contributed by atoms with Gasteiger partial charge in [-0.1, -0.05) is 12.1 Å². The summed E-state index contributed by atoms with van der Waals surface area (Å²) in [4.78, 5) is 11.5. The predicted molar refractivity (Wildman–Crippen MR) is 62.7 cm³/mol. The number of rotatable bonds is 5. The maximum atomic E-state index is 13.4. The first kappa shape index (κ1) is 12.6. The van der Waals surface area contributed by atoms with Crippen LogP contribution in [0.5, 0.6) is 0 Å². The first-order chi connectivity index (χ1) is 7.65. The normalized spacial score (nSPS) is 10.2. The minimum Gasteiger partial charge on any atom is -0.330 e. The van der Waals surface area contributed by atoms with Gasteiger partial charge >= 0.3 is 0 Å². The zero-order chi connectivity index (χ0) is 12.0. The highest BCUT2D eigenvalue weighted by atomic mass is 19.1. The highest BCUT2D eigenvalue weighted by Crippen LogP contribution is 2.18. The van der Waals surface area contributed by atoms with Gasteiger partial charge in [0.25, 0.3) is 0 Å². The average molecular weight is 224 g/mol. The first-order valence-electron chi connectivity index (χ1n) is 5.40. The van der Waals surface area contributed by atoms with E-state index in [1.165, 1.54) is 6.07 Å². The standard InChI is InChI=1S/C12H17FN2O/c1-9-5-4-6-10(13)12(9)15-11(16)7-2-3-8-14/h4-6H,2-3,7-8,14H2,1H3,(H,15,16). The Bertz CT molecular complexity index is 346. The molecule has 0 aliphatic rings. The van der Waals surface area contributed by atoms with Gasteiger partial charge in [0, 0.05) is 6.42 Å². The number of aryl methyl sites for hydroxylation is 1. The lowest BCUT2D eigenvalue weighted by atomic mass is 10.1. The fraction of sp³-hybridized carbons (Fsp3) is 0.417. The molecular weight excluding hydrogens is 207 g/mol. The lowest BCUT2D eigenvalue weighted by Gasteiger charge is -2.08. The van der Waals surface area contributed by atoms with Crippen molar-refractivity contribution in [1.82, 2.24) is 0 Å². The zero-order valence-electron chi connectivity index (χ0n) is 9.42. The van der Waals surface area contributed by atoms with Crippen molar-refractivity contribution in [2.75, 3.05) is 11.9 Å². The number of amides is 1. The van der Waals surface area contributed by atoms with Crippen LogP contribution in [-0.2, 0) is 4.79 Å². The molecule has 4 heteroatoms. The Kier molecular flexibility index (Phi) is 4.92. The lowest BCUT2D eigenvalue weighted by molar-refractivity contribution is -0.116. The van der Waals surface area contributed by atoms with E-state index < -0.39 is 5.82 Å². The van der Waals surface area contributed by atoms with Crippen LogP contribution in [0.1, 0.15) is 24.8 Å². The molecule has 0 atom stereocenters. The van der Waals surface area contributed by atoms with E-state index in [1.54, 1.807) is 19.1 Å². The van der Waals surface area contributed by atoms with Gasteiger partial charge in [0.1, 0.15) is 5.82 Å². The largest absolute Gasteiger partial charge is 0.330 e. The van der Waals surface area contributed by atoms with Crippen molar-refractivity contribution in [3.05, 3.63) is 29.6 Å². The summed E-state index contributed by atoms with van der Waals surface area (Å²) in [5.41, 5.74) is 6.33. The van der Waals surface area contributed by atoms with Gasteiger partial charge in [0.05, 0.1) is 5.69 Å². The molecule has 3 nitrogen and oxygen atoms in total. The molecule has 1 amide bonds. The van der Waals surface area contributed by atoms with E-state index in [1.807, 2.05) is 0 Å². The summed E-state index contributed by atoms with van der Waals surface area (Å²) in [5.74, 6) is -0.561. The van der Waals surface area contributed by atoms with Crippen LogP contribution in [0.15, 0.2) is 18.2 Å². The Morgan fingerprint density at radius 1 is 1.44 bits per heavy atom. The second-order valence-corrected chi connectivity index (χ2v) is 3.73. The Morgan fingerprint density at radius 2 is 2.19 bits per heavy atom. The number of unbranched alkanes of at least 4 members (excludes halogenated alkanes) is 1. The zero-order valence-corrected chi connectivity index (χ0v) is 9.42. The molecule has 0 saturated carbocycles. The van der Waals surface area contributed by atoms with E-state index in [0.717, 1.165) is 18.4 Å². The fourth-order valence-electron chi connectivity index (χ4n) is 1.42. The molecule has 88 valence electrons. The number of benzene rings is 1. The highest BCUT2D eigenvalue weighted by Gasteiger charge is 2.08. The van der Waals surface area contributed by atoms with Crippen molar-refractivity contribution in [3.8, 4) is 0 Å². The van der Waals surface area contributed by atoms with E-state index >= 15 is 0 Å². The predicted octanol–water partition coefficient (Wildman–Crippen LogP) is 2.20. The summed E-state index contributed by atoms with van der Waals surface area (Å²) >= 11 is 0. The number of carbonyl (C=O) groups excluding carboxylic acids is 1. The van der Waals surface area contributed by atoms with Gasteiger partial charge in [-0.05, 0) is 37.9 Å². The third-order valence-corrected chi connectivity index (χ3v) is 2.34. The second-order valence-electron chi connectivity index (χ2n) is 3.73. The van der Waals surface area contributed by atoms with Gasteiger partial charge in [-0.2, -0.15) is 0 Å². The Labute approximate surface area is 94.8 Å². The van der Waals surface area contributed by atoms with Crippen LogP contribution >= 0.6 is 0 Å². The van der Waals surface area contributed by atoms with E-state index in [0.29, 0.717) is 13.0 Å². The topological polar surface area (TPSA) is 55.1 Å². The Hall–Kier alpha value is -1.42. The molecule has 0 radical (unpaired) electrons. The molecule has 3 N–H and O–H groups in total. The lowest BCUT2D eigenvalue weighted by Crippen LogP contribution is -2.14. The smallest absolute Gasteiger partial charge is 0.224 e. The van der Waals surface area contributed by atoms with Crippen LogP contribution in [-0.4, -0.2) is 12.5 Å². The van der Waals surface area contributed by atoms with Crippen molar-refractivity contribution >= 4 is 11.6 Å². The second kappa shape index (κ2) is 6.23. The van der Waals surface area contributed by atoms with Crippen LogP contribution in [0.3, 0.4) is 0 Å². The molecule has 0 saturated heterocycles. The number of carbonyl (C=O) groups is 1. The van der Waals surface area contributed by atoms with E-state index in [9.17, 15) is 9.18 Å². The molecule has 0 aliphatic carbocycles. The SMILES string of the molecule is Cc1cccc(F)c1NC(=O)CCCCN. The van der Waals surface area contributed by atoms with Gasteiger partial charge in [0.2, 0.25) is 5.91 Å². The van der Waals surface area contributed by atoms with E-state index in [-0.39, 0.29) is 11.6 Å². The van der Waals surface area contributed by atoms with Crippen molar-refractivity contribution in [2.45, 2.75) is 26.2 Å². The molecular formula is C12H17FN2O. The number of para-hydroxylation sites is 1.